The van der Waals surface area contributed by atoms with Gasteiger partial charge >= 0.3 is 6.03 Å². The zero-order valence-electron chi connectivity index (χ0n) is 29.9. The van der Waals surface area contributed by atoms with Crippen molar-refractivity contribution in [2.75, 3.05) is 44.6 Å². The van der Waals surface area contributed by atoms with Crippen LogP contribution >= 0.6 is 11.8 Å². The Labute approximate surface area is 296 Å². The molecule has 0 bridgehead atoms. The van der Waals surface area contributed by atoms with E-state index in [1.807, 2.05) is 39.0 Å². The van der Waals surface area contributed by atoms with E-state index in [2.05, 4.69) is 50.9 Å². The summed E-state index contributed by atoms with van der Waals surface area (Å²) in [6.45, 7) is 15.1. The first-order valence-corrected chi connectivity index (χ1v) is 19.3. The van der Waals surface area contributed by atoms with Crippen LogP contribution in [0.5, 0.6) is 0 Å². The van der Waals surface area contributed by atoms with Crippen molar-refractivity contribution in [1.29, 1.82) is 0 Å². The molecule has 3 fully saturated rings. The highest BCUT2D eigenvalue weighted by Crippen LogP contribution is 2.48. The molecule has 1 unspecified atom stereocenters. The van der Waals surface area contributed by atoms with Gasteiger partial charge in [0.25, 0.3) is 0 Å². The van der Waals surface area contributed by atoms with Gasteiger partial charge in [-0.3, -0.25) is 9.59 Å². The van der Waals surface area contributed by atoms with Crippen molar-refractivity contribution >= 4 is 35.3 Å². The van der Waals surface area contributed by atoms with Crippen LogP contribution in [0.3, 0.4) is 0 Å². The number of anilines is 1. The summed E-state index contributed by atoms with van der Waals surface area (Å²) in [6, 6.07) is 13.7. The van der Waals surface area contributed by atoms with Gasteiger partial charge in [-0.25, -0.2) is 9.18 Å². The lowest BCUT2D eigenvalue weighted by molar-refractivity contribution is -0.137. The fraction of sp³-hybridized carbons (Fsp3) is 0.615. The Hall–Kier alpha value is -3.11. The molecule has 8 nitrogen and oxygen atoms in total. The number of hydrogen-bond acceptors (Lipinski definition) is 5. The summed E-state index contributed by atoms with van der Waals surface area (Å²) in [5, 5.41) is 2.24. The minimum atomic E-state index is -0.510. The van der Waals surface area contributed by atoms with E-state index in [0.29, 0.717) is 45.1 Å². The Kier molecular flexibility index (Phi) is 10.9. The maximum Gasteiger partial charge on any atom is 0.322 e. The monoisotopic (exact) mass is 691 g/mol. The molecule has 4 amide bonds. The summed E-state index contributed by atoms with van der Waals surface area (Å²) < 4.78 is 15.8. The minimum Gasteiger partial charge on any atom is -0.342 e. The number of amides is 4. The molecule has 0 radical (unpaired) electrons. The molecule has 266 valence electrons. The molecule has 49 heavy (non-hydrogen) atoms. The van der Waals surface area contributed by atoms with Crippen LogP contribution in [0, 0.1) is 11.2 Å². The number of para-hydroxylation sites is 1. The van der Waals surface area contributed by atoms with E-state index in [-0.39, 0.29) is 52.8 Å². The minimum absolute atomic E-state index is 0.0195. The lowest BCUT2D eigenvalue weighted by Gasteiger charge is -2.38. The Bertz CT molecular complexity index is 1510. The number of nitrogens with zero attached hydrogens (tertiary/aromatic N) is 4. The summed E-state index contributed by atoms with van der Waals surface area (Å²) in [4.78, 5) is 49.2. The average Bonchev–Trinajstić information content (AvgIpc) is 3.27. The summed E-state index contributed by atoms with van der Waals surface area (Å²) in [6.07, 6.45) is 4.96. The number of urea groups is 1. The first kappa shape index (κ1) is 35.7. The highest BCUT2D eigenvalue weighted by Gasteiger charge is 2.44. The van der Waals surface area contributed by atoms with E-state index in [9.17, 15) is 14.4 Å². The van der Waals surface area contributed by atoms with Gasteiger partial charge in [0.2, 0.25) is 11.8 Å². The number of nitrogens with one attached hydrogen (secondary N) is 1. The van der Waals surface area contributed by atoms with Crippen molar-refractivity contribution in [1.82, 2.24) is 19.6 Å². The van der Waals surface area contributed by atoms with Crippen molar-refractivity contribution < 1.29 is 18.8 Å². The fourth-order valence-electron chi connectivity index (χ4n) is 8.00. The number of rotatable bonds is 8. The zero-order chi connectivity index (χ0) is 34.9. The van der Waals surface area contributed by atoms with Crippen molar-refractivity contribution in [2.24, 2.45) is 5.41 Å². The molecule has 2 aromatic carbocycles. The van der Waals surface area contributed by atoms with Gasteiger partial charge in [-0.05, 0) is 106 Å². The quantitative estimate of drug-likeness (QED) is 0.316. The third-order valence-corrected chi connectivity index (χ3v) is 12.5. The number of thioether (sulfide) groups is 1. The molecule has 3 saturated heterocycles. The van der Waals surface area contributed by atoms with Crippen LogP contribution in [-0.2, 0) is 16.0 Å². The molecule has 0 aliphatic carbocycles. The van der Waals surface area contributed by atoms with Gasteiger partial charge in [-0.2, -0.15) is 0 Å². The third kappa shape index (κ3) is 8.11. The first-order chi connectivity index (χ1) is 23.4. The van der Waals surface area contributed by atoms with E-state index in [1.54, 1.807) is 12.1 Å². The number of hydrogen-bond donors (Lipinski definition) is 1. The Morgan fingerprint density at radius 3 is 2.37 bits per heavy atom. The average molecular weight is 692 g/mol. The van der Waals surface area contributed by atoms with Crippen LogP contribution < -0.4 is 5.32 Å². The number of fused-ring (bicyclic) bond motifs is 1. The summed E-state index contributed by atoms with van der Waals surface area (Å²) >= 11 is 1.53. The first-order valence-electron chi connectivity index (χ1n) is 18.3. The molecule has 0 spiro atoms. The van der Waals surface area contributed by atoms with E-state index in [1.165, 1.54) is 11.8 Å². The summed E-state index contributed by atoms with van der Waals surface area (Å²) in [5.74, 6) is -0.121. The highest BCUT2D eigenvalue weighted by molar-refractivity contribution is 8.01. The van der Waals surface area contributed by atoms with E-state index in [0.717, 1.165) is 61.2 Å². The molecule has 2 atom stereocenters. The number of halogens is 1. The van der Waals surface area contributed by atoms with Crippen molar-refractivity contribution in [3.63, 3.8) is 0 Å². The topological polar surface area (TPSA) is 76.2 Å². The number of benzene rings is 2. The van der Waals surface area contributed by atoms with Gasteiger partial charge in [-0.15, -0.1) is 11.8 Å². The van der Waals surface area contributed by atoms with E-state index >= 15 is 4.39 Å². The van der Waals surface area contributed by atoms with Gasteiger partial charge in [0.1, 0.15) is 11.2 Å². The lowest BCUT2D eigenvalue weighted by atomic mass is 9.85. The van der Waals surface area contributed by atoms with Gasteiger partial charge in [0.05, 0.1) is 5.25 Å². The smallest absolute Gasteiger partial charge is 0.322 e. The molecular weight excluding hydrogens is 638 g/mol. The molecule has 4 aliphatic rings. The van der Waals surface area contributed by atoms with Gasteiger partial charge < -0.3 is 24.9 Å². The third-order valence-electron chi connectivity index (χ3n) is 11.0. The number of piperidine rings is 2. The van der Waals surface area contributed by atoms with Crippen LogP contribution in [0.4, 0.5) is 14.9 Å². The molecule has 6 rings (SSSR count). The lowest BCUT2D eigenvalue weighted by Crippen LogP contribution is -2.50. The molecule has 4 aliphatic heterocycles. The Morgan fingerprint density at radius 2 is 1.67 bits per heavy atom. The largest absolute Gasteiger partial charge is 0.342 e. The Balaban J connectivity index is 1.13. The molecule has 0 aromatic heterocycles. The predicted molar refractivity (Wildman–Crippen MR) is 195 cm³/mol. The molecule has 1 N–H and O–H groups in total. The van der Waals surface area contributed by atoms with Crippen LogP contribution in [0.15, 0.2) is 42.5 Å². The van der Waals surface area contributed by atoms with Crippen LogP contribution in [0.25, 0.3) is 0 Å². The van der Waals surface area contributed by atoms with Crippen LogP contribution in [0.1, 0.15) is 101 Å². The number of likely N-dealkylation sites (tertiary alicyclic amines) is 2. The van der Waals surface area contributed by atoms with E-state index < -0.39 is 5.25 Å². The van der Waals surface area contributed by atoms with Crippen LogP contribution in [-0.4, -0.2) is 94.0 Å². The standard InChI is InChI=1S/C39H54FN5O3S/c1-26(2)42-19-13-28(14-20-42)35-30(10-8-11-31(35)40)37-45(24-18-39(3,4)5)36(47)33(49-37)25-34(46)43-21-16-29(17-22-43)44-23-15-27-9-6-7-12-32(27)41-38(44)48/h6-12,26,28-29,33,37H,13-25H2,1-5H3,(H,41,48)/t33-,37?/m1/s1. The van der Waals surface area contributed by atoms with E-state index in [4.69, 9.17) is 0 Å². The Morgan fingerprint density at radius 1 is 0.959 bits per heavy atom. The molecule has 0 saturated carbocycles. The maximum absolute atomic E-state index is 15.8. The van der Waals surface area contributed by atoms with Crippen molar-refractivity contribution in [2.45, 2.75) is 108 Å². The summed E-state index contributed by atoms with van der Waals surface area (Å²) in [5.41, 5.74) is 3.69. The van der Waals surface area contributed by atoms with Crippen LogP contribution in [0.2, 0.25) is 0 Å². The molecular formula is C39H54FN5O3S. The molecule has 4 heterocycles. The normalized spacial score (nSPS) is 23.2. The zero-order valence-corrected chi connectivity index (χ0v) is 30.7. The maximum atomic E-state index is 15.8. The second kappa shape index (κ2) is 15.0. The van der Waals surface area contributed by atoms with Crippen molar-refractivity contribution in [3.8, 4) is 0 Å². The SMILES string of the molecule is CC(C)N1CCC(c2c(F)cccc2C2S[C@H](CC(=O)N3CCC(N4CCc5ccccc5NC4=O)CC3)C(=O)N2CCC(C)(C)C)CC1. The highest BCUT2D eigenvalue weighted by atomic mass is 32.2. The van der Waals surface area contributed by atoms with Crippen molar-refractivity contribution in [3.05, 3.63) is 65.0 Å². The number of carbonyl (C=O) groups is 3. The molecule has 2 aromatic rings. The predicted octanol–water partition coefficient (Wildman–Crippen LogP) is 7.26. The molecule has 10 heteroatoms. The number of carbonyl (C=O) groups excluding carboxylic acids is 3. The summed E-state index contributed by atoms with van der Waals surface area (Å²) in [7, 11) is 0. The second-order valence-corrected chi connectivity index (χ2v) is 17.1. The second-order valence-electron chi connectivity index (χ2n) is 15.8. The van der Waals surface area contributed by atoms with Gasteiger partial charge in [0.15, 0.2) is 0 Å². The fourth-order valence-corrected chi connectivity index (χ4v) is 9.51. The van der Waals surface area contributed by atoms with Gasteiger partial charge in [-0.1, -0.05) is 51.1 Å². The van der Waals surface area contributed by atoms with Gasteiger partial charge in [0, 0.05) is 50.4 Å².